The Morgan fingerprint density at radius 3 is 2.15 bits per heavy atom. The molecule has 0 amide bonds. The first-order valence-electron chi connectivity index (χ1n) is 6.38. The molecule has 0 bridgehead atoms. The number of alkyl halides is 1. The Bertz CT molecular complexity index is 584. The smallest absolute Gasteiger partial charge is 0.161 e. The van der Waals surface area contributed by atoms with E-state index in [-0.39, 0.29) is 11.5 Å². The lowest BCUT2D eigenvalue weighted by molar-refractivity contribution is 0.486. The van der Waals surface area contributed by atoms with Crippen LogP contribution in [0.15, 0.2) is 42.5 Å². The first-order chi connectivity index (χ1) is 9.54. The van der Waals surface area contributed by atoms with E-state index in [1.165, 1.54) is 0 Å². The molecular formula is C16H14BrF3. The molecule has 0 nitrogen and oxygen atoms in total. The van der Waals surface area contributed by atoms with Gasteiger partial charge in [-0.25, -0.2) is 13.2 Å². The number of hydrogen-bond donors (Lipinski definition) is 0. The molecule has 2 atom stereocenters. The molecule has 2 unspecified atom stereocenters. The van der Waals surface area contributed by atoms with Gasteiger partial charge in [0.1, 0.15) is 5.82 Å². The van der Waals surface area contributed by atoms with Gasteiger partial charge in [0.25, 0.3) is 0 Å². The van der Waals surface area contributed by atoms with E-state index in [0.717, 1.165) is 18.1 Å². The molecule has 0 aliphatic carbocycles. The van der Waals surface area contributed by atoms with Crippen molar-refractivity contribution < 1.29 is 13.2 Å². The van der Waals surface area contributed by atoms with Crippen molar-refractivity contribution >= 4 is 15.9 Å². The molecule has 0 saturated heterocycles. The molecule has 0 N–H and O–H groups in total. The summed E-state index contributed by atoms with van der Waals surface area (Å²) in [6, 6.07) is 11.1. The molecule has 4 heteroatoms. The summed E-state index contributed by atoms with van der Waals surface area (Å²) in [5, 5.41) is 0. The normalized spacial score (nSPS) is 14.1. The fourth-order valence-corrected chi connectivity index (χ4v) is 3.31. The zero-order chi connectivity index (χ0) is 14.7. The maximum atomic E-state index is 13.9. The van der Waals surface area contributed by atoms with Crippen molar-refractivity contribution in [2.24, 2.45) is 0 Å². The summed E-state index contributed by atoms with van der Waals surface area (Å²) >= 11 is 3.43. The number of hydrogen-bond acceptors (Lipinski definition) is 0. The molecule has 0 heterocycles. The number of rotatable bonds is 4. The third kappa shape index (κ3) is 3.06. The summed E-state index contributed by atoms with van der Waals surface area (Å²) in [7, 11) is 0. The van der Waals surface area contributed by atoms with Crippen LogP contribution < -0.4 is 0 Å². The van der Waals surface area contributed by atoms with Gasteiger partial charge in [-0.1, -0.05) is 53.2 Å². The SMILES string of the molecule is CCC(c1ccccc1)C(Br)c1cc(F)c(F)cc1F. The predicted octanol–water partition coefficient (Wildman–Crippen LogP) is 5.73. The van der Waals surface area contributed by atoms with Crippen molar-refractivity contribution in [1.29, 1.82) is 0 Å². The van der Waals surface area contributed by atoms with Gasteiger partial charge < -0.3 is 0 Å². The molecule has 20 heavy (non-hydrogen) atoms. The van der Waals surface area contributed by atoms with E-state index in [1.807, 2.05) is 37.3 Å². The van der Waals surface area contributed by atoms with Crippen LogP contribution in [0.2, 0.25) is 0 Å². The maximum Gasteiger partial charge on any atom is 0.161 e. The zero-order valence-electron chi connectivity index (χ0n) is 10.9. The minimum absolute atomic E-state index is 0.0180. The van der Waals surface area contributed by atoms with Gasteiger partial charge in [-0.2, -0.15) is 0 Å². The van der Waals surface area contributed by atoms with E-state index in [2.05, 4.69) is 15.9 Å². The van der Waals surface area contributed by atoms with Crippen molar-refractivity contribution in [3.63, 3.8) is 0 Å². The predicted molar refractivity (Wildman–Crippen MR) is 77.5 cm³/mol. The molecule has 2 aromatic carbocycles. The first-order valence-corrected chi connectivity index (χ1v) is 7.29. The zero-order valence-corrected chi connectivity index (χ0v) is 12.5. The fourth-order valence-electron chi connectivity index (χ4n) is 2.28. The van der Waals surface area contributed by atoms with Crippen molar-refractivity contribution in [2.45, 2.75) is 24.1 Å². The van der Waals surface area contributed by atoms with E-state index in [0.29, 0.717) is 6.07 Å². The van der Waals surface area contributed by atoms with Crippen LogP contribution >= 0.6 is 15.9 Å². The molecular weight excluding hydrogens is 329 g/mol. The second kappa shape index (κ2) is 6.44. The van der Waals surface area contributed by atoms with Crippen LogP contribution in [0.1, 0.15) is 35.2 Å². The van der Waals surface area contributed by atoms with Crippen LogP contribution in [0.3, 0.4) is 0 Å². The topological polar surface area (TPSA) is 0 Å². The first kappa shape index (κ1) is 15.1. The van der Waals surface area contributed by atoms with E-state index in [4.69, 9.17) is 0 Å². The summed E-state index contributed by atoms with van der Waals surface area (Å²) in [6.45, 7) is 1.98. The van der Waals surface area contributed by atoms with Crippen LogP contribution in [0.5, 0.6) is 0 Å². The van der Waals surface area contributed by atoms with Crippen LogP contribution in [0.4, 0.5) is 13.2 Å². The molecule has 2 rings (SSSR count). The lowest BCUT2D eigenvalue weighted by Crippen LogP contribution is -2.08. The molecule has 0 fully saturated rings. The summed E-state index contributed by atoms with van der Waals surface area (Å²) in [4.78, 5) is -0.412. The second-order valence-corrected chi connectivity index (χ2v) is 5.60. The van der Waals surface area contributed by atoms with Gasteiger partial charge in [-0.15, -0.1) is 0 Å². The van der Waals surface area contributed by atoms with Gasteiger partial charge in [0.2, 0.25) is 0 Å². The molecule has 0 aliphatic heterocycles. The van der Waals surface area contributed by atoms with Crippen molar-refractivity contribution in [2.75, 3.05) is 0 Å². The second-order valence-electron chi connectivity index (χ2n) is 4.62. The average Bonchev–Trinajstić information content (AvgIpc) is 2.44. The molecule has 0 saturated carbocycles. The lowest BCUT2D eigenvalue weighted by Gasteiger charge is -2.22. The van der Waals surface area contributed by atoms with Crippen LogP contribution in [0, 0.1) is 17.5 Å². The highest BCUT2D eigenvalue weighted by molar-refractivity contribution is 9.09. The highest BCUT2D eigenvalue weighted by Crippen LogP contribution is 2.41. The van der Waals surface area contributed by atoms with Gasteiger partial charge in [-0.05, 0) is 18.1 Å². The molecule has 0 radical (unpaired) electrons. The summed E-state index contributed by atoms with van der Waals surface area (Å²) in [6.07, 6.45) is 0.748. The fraction of sp³-hybridized carbons (Fsp3) is 0.250. The monoisotopic (exact) mass is 342 g/mol. The third-order valence-corrected chi connectivity index (χ3v) is 4.49. The van der Waals surface area contributed by atoms with E-state index in [9.17, 15) is 13.2 Å². The Kier molecular flexibility index (Phi) is 4.86. The Labute approximate surface area is 124 Å². The van der Waals surface area contributed by atoms with Gasteiger partial charge in [0.15, 0.2) is 11.6 Å². The standard InChI is InChI=1S/C16H14BrF3/c1-2-11(10-6-4-3-5-7-10)16(17)12-8-14(19)15(20)9-13(12)18/h3-9,11,16H,2H2,1H3. The van der Waals surface area contributed by atoms with E-state index < -0.39 is 22.3 Å². The van der Waals surface area contributed by atoms with E-state index >= 15 is 0 Å². The summed E-state index contributed by atoms with van der Waals surface area (Å²) in [5.74, 6) is -2.96. The lowest BCUT2D eigenvalue weighted by atomic mass is 9.89. The number of benzene rings is 2. The molecule has 0 spiro atoms. The minimum Gasteiger partial charge on any atom is -0.207 e. The third-order valence-electron chi connectivity index (χ3n) is 3.36. The largest absolute Gasteiger partial charge is 0.207 e. The van der Waals surface area contributed by atoms with Crippen LogP contribution in [0.25, 0.3) is 0 Å². The number of halogens is 4. The average molecular weight is 343 g/mol. The highest BCUT2D eigenvalue weighted by Gasteiger charge is 2.24. The van der Waals surface area contributed by atoms with Crippen molar-refractivity contribution in [1.82, 2.24) is 0 Å². The Morgan fingerprint density at radius 2 is 1.55 bits per heavy atom. The summed E-state index contributed by atoms with van der Waals surface area (Å²) < 4.78 is 40.2. The van der Waals surface area contributed by atoms with Gasteiger partial charge in [0, 0.05) is 22.4 Å². The maximum absolute atomic E-state index is 13.9. The molecule has 0 aliphatic rings. The van der Waals surface area contributed by atoms with Gasteiger partial charge in [-0.3, -0.25) is 0 Å². The van der Waals surface area contributed by atoms with Crippen molar-refractivity contribution in [3.8, 4) is 0 Å². The van der Waals surface area contributed by atoms with Crippen LogP contribution in [-0.2, 0) is 0 Å². The Morgan fingerprint density at radius 1 is 0.950 bits per heavy atom. The van der Waals surface area contributed by atoms with Gasteiger partial charge >= 0.3 is 0 Å². The van der Waals surface area contributed by atoms with Gasteiger partial charge in [0.05, 0.1) is 0 Å². The van der Waals surface area contributed by atoms with Crippen molar-refractivity contribution in [3.05, 3.63) is 71.0 Å². The Hall–Kier alpha value is -1.29. The quantitative estimate of drug-likeness (QED) is 0.491. The molecule has 106 valence electrons. The Balaban J connectivity index is 2.39. The van der Waals surface area contributed by atoms with E-state index in [1.54, 1.807) is 0 Å². The summed E-state index contributed by atoms with van der Waals surface area (Å²) in [5.41, 5.74) is 1.17. The highest BCUT2D eigenvalue weighted by atomic mass is 79.9. The minimum atomic E-state index is -1.17. The van der Waals surface area contributed by atoms with Crippen LogP contribution in [-0.4, -0.2) is 0 Å². The molecule has 0 aromatic heterocycles. The molecule has 2 aromatic rings.